The van der Waals surface area contributed by atoms with Gasteiger partial charge in [-0.05, 0) is 12.1 Å². The van der Waals surface area contributed by atoms with Gasteiger partial charge >= 0.3 is 0 Å². The van der Waals surface area contributed by atoms with Crippen molar-refractivity contribution in [2.75, 3.05) is 0 Å². The Kier molecular flexibility index (Phi) is 1.44. The molecule has 3 nitrogen and oxygen atoms in total. The molecule has 0 amide bonds. The van der Waals surface area contributed by atoms with Crippen molar-refractivity contribution in [2.45, 2.75) is 0 Å². The summed E-state index contributed by atoms with van der Waals surface area (Å²) in [5.74, 6) is 0. The van der Waals surface area contributed by atoms with Gasteiger partial charge in [0.15, 0.2) is 0 Å². The van der Waals surface area contributed by atoms with E-state index in [0.29, 0.717) is 0 Å². The highest BCUT2D eigenvalue weighted by molar-refractivity contribution is 5.67. The van der Waals surface area contributed by atoms with Crippen molar-refractivity contribution in [3.05, 3.63) is 18.2 Å². The first kappa shape index (κ1) is 5.75. The highest BCUT2D eigenvalue weighted by Gasteiger charge is 2.10. The van der Waals surface area contributed by atoms with Gasteiger partial charge in [-0.3, -0.25) is 4.79 Å². The van der Waals surface area contributed by atoms with Gasteiger partial charge in [0.25, 0.3) is 6.47 Å². The normalized spacial score (nSPS) is 8.89. The van der Waals surface area contributed by atoms with Crippen LogP contribution in [0.25, 0.3) is 11.4 Å². The zero-order valence-electron chi connectivity index (χ0n) is 4.61. The molecule has 0 bridgehead atoms. The van der Waals surface area contributed by atoms with Crippen LogP contribution in [0.15, 0.2) is 18.2 Å². The van der Waals surface area contributed by atoms with Gasteiger partial charge in [-0.2, -0.15) is 0 Å². The van der Waals surface area contributed by atoms with Crippen LogP contribution < -0.4 is 0 Å². The molecule has 1 aliphatic heterocycles. The third-order valence-corrected chi connectivity index (χ3v) is 0.962. The smallest absolute Gasteiger partial charge is 0.290 e. The summed E-state index contributed by atoms with van der Waals surface area (Å²) >= 11 is 0. The van der Waals surface area contributed by atoms with E-state index in [-0.39, 0.29) is 6.47 Å². The second-order valence-corrected chi connectivity index (χ2v) is 1.51. The Hall–Kier alpha value is -1.38. The summed E-state index contributed by atoms with van der Waals surface area (Å²) in [7, 11) is 0. The molecule has 0 spiro atoms. The summed E-state index contributed by atoms with van der Waals surface area (Å²) < 4.78 is 0. The fourth-order valence-corrected chi connectivity index (χ4v) is 0.578. The summed E-state index contributed by atoms with van der Waals surface area (Å²) in [6, 6.07) is 6.03. The van der Waals surface area contributed by atoms with Gasteiger partial charge in [0.1, 0.15) is 0 Å². The van der Waals surface area contributed by atoms with Crippen molar-refractivity contribution in [3.8, 4) is 11.4 Å². The van der Waals surface area contributed by atoms with Crippen LogP contribution in [-0.2, 0) is 4.79 Å². The van der Waals surface area contributed by atoms with Gasteiger partial charge in [0.2, 0.25) is 0 Å². The van der Waals surface area contributed by atoms with E-state index in [9.17, 15) is 0 Å². The molecule has 1 heterocycles. The first-order valence-corrected chi connectivity index (χ1v) is 2.44. The molecule has 0 fully saturated rings. The van der Waals surface area contributed by atoms with E-state index in [4.69, 9.17) is 9.90 Å². The quantitative estimate of drug-likeness (QED) is 0.526. The fourth-order valence-electron chi connectivity index (χ4n) is 0.578. The highest BCUT2D eigenvalue weighted by Crippen LogP contribution is 2.25. The molecule has 0 saturated heterocycles. The molecule has 2 aliphatic rings. The fraction of sp³-hybridized carbons (Fsp3) is 0. The molecular weight excluding hydrogens is 118 g/mol. The number of nitrogens with zero attached hydrogens (tertiary/aromatic N) is 1. The number of fused-ring (bicyclic) bond motifs is 1. The minimum atomic E-state index is -0.250. The first-order chi connectivity index (χ1) is 4.38. The topological polar surface area (TPSA) is 50.2 Å². The van der Waals surface area contributed by atoms with Gasteiger partial charge < -0.3 is 5.11 Å². The number of hydrogen-bond donors (Lipinski definition) is 1. The maximum Gasteiger partial charge on any atom is 0.290 e. The second-order valence-electron chi connectivity index (χ2n) is 1.51. The monoisotopic (exact) mass is 123 g/mol. The Labute approximate surface area is 52.0 Å². The number of rotatable bonds is 0. The Bertz CT molecular complexity index is 205. The van der Waals surface area contributed by atoms with Crippen LogP contribution >= 0.6 is 0 Å². The van der Waals surface area contributed by atoms with Crippen molar-refractivity contribution in [1.82, 2.24) is 4.98 Å². The predicted octanol–water partition coefficient (Wildman–Crippen LogP) is 0.763. The molecule has 2 rings (SSSR count). The lowest BCUT2D eigenvalue weighted by Crippen LogP contribution is -1.49. The maximum atomic E-state index is 8.36. The lowest BCUT2D eigenvalue weighted by molar-refractivity contribution is -0.122. The summed E-state index contributed by atoms with van der Waals surface area (Å²) in [5.41, 5.74) is 2.35. The van der Waals surface area contributed by atoms with Crippen LogP contribution in [0.3, 0.4) is 0 Å². The lowest BCUT2D eigenvalue weighted by Gasteiger charge is -1.45. The molecule has 0 saturated carbocycles. The van der Waals surface area contributed by atoms with Gasteiger partial charge in [0.05, 0.1) is 11.4 Å². The van der Waals surface area contributed by atoms with E-state index in [1.54, 1.807) is 0 Å². The van der Waals surface area contributed by atoms with Crippen LogP contribution in [0, 0.1) is 0 Å². The van der Waals surface area contributed by atoms with E-state index in [1.165, 1.54) is 11.4 Å². The zero-order chi connectivity index (χ0) is 6.69. The molecule has 1 aliphatic carbocycles. The third-order valence-electron chi connectivity index (χ3n) is 0.962. The van der Waals surface area contributed by atoms with Crippen molar-refractivity contribution < 1.29 is 9.90 Å². The standard InChI is InChI=1S/C5H3N.CH2O2/c1-2-4-5(3-1)6-4;2-1-3/h1-3H;1H,(H,2,3). The first-order valence-electron chi connectivity index (χ1n) is 2.44. The van der Waals surface area contributed by atoms with Gasteiger partial charge in [-0.1, -0.05) is 6.07 Å². The SMILES string of the molecule is O=CO.c1cc2nc-2c1. The van der Waals surface area contributed by atoms with Gasteiger partial charge in [0, 0.05) is 0 Å². The summed E-state index contributed by atoms with van der Waals surface area (Å²) in [6.45, 7) is -0.250. The van der Waals surface area contributed by atoms with Gasteiger partial charge in [-0.25, -0.2) is 4.98 Å². The number of carbonyl (C=O) groups is 1. The molecule has 0 aromatic carbocycles. The molecule has 0 unspecified atom stereocenters. The van der Waals surface area contributed by atoms with Crippen molar-refractivity contribution in [3.63, 3.8) is 0 Å². The van der Waals surface area contributed by atoms with Gasteiger partial charge in [-0.15, -0.1) is 0 Å². The van der Waals surface area contributed by atoms with E-state index in [2.05, 4.69) is 4.98 Å². The Morgan fingerprint density at radius 2 is 1.89 bits per heavy atom. The molecule has 3 heteroatoms. The van der Waals surface area contributed by atoms with E-state index < -0.39 is 0 Å². The van der Waals surface area contributed by atoms with Crippen LogP contribution in [0.1, 0.15) is 0 Å². The molecule has 0 aromatic heterocycles. The molecule has 0 radical (unpaired) electrons. The molecule has 1 N–H and O–H groups in total. The largest absolute Gasteiger partial charge is 0.483 e. The van der Waals surface area contributed by atoms with Crippen LogP contribution in [0.2, 0.25) is 0 Å². The molecule has 46 valence electrons. The van der Waals surface area contributed by atoms with E-state index in [0.717, 1.165) is 0 Å². The average Bonchev–Trinajstić information content (AvgIpc) is 2.43. The third kappa shape index (κ3) is 1.25. The van der Waals surface area contributed by atoms with E-state index in [1.807, 2.05) is 18.2 Å². The van der Waals surface area contributed by atoms with Crippen molar-refractivity contribution in [1.29, 1.82) is 0 Å². The Balaban J connectivity index is 0.000000120. The zero-order valence-corrected chi connectivity index (χ0v) is 4.61. The van der Waals surface area contributed by atoms with Crippen LogP contribution in [0.4, 0.5) is 0 Å². The highest BCUT2D eigenvalue weighted by atomic mass is 16.3. The number of hydrogen-bond acceptors (Lipinski definition) is 2. The summed E-state index contributed by atoms with van der Waals surface area (Å²) in [6.07, 6.45) is 0. The summed E-state index contributed by atoms with van der Waals surface area (Å²) in [4.78, 5) is 12.3. The predicted molar refractivity (Wildman–Crippen MR) is 31.9 cm³/mol. The second kappa shape index (κ2) is 2.26. The van der Waals surface area contributed by atoms with Crippen LogP contribution in [0.5, 0.6) is 0 Å². The Morgan fingerprint density at radius 3 is 2.00 bits per heavy atom. The minimum Gasteiger partial charge on any atom is -0.483 e. The minimum absolute atomic E-state index is 0.250. The maximum absolute atomic E-state index is 8.36. The molecule has 0 aromatic rings. The molecular formula is C6H5NO2. The number of pyridine rings is 1. The average molecular weight is 123 g/mol. The molecule has 0 atom stereocenters. The van der Waals surface area contributed by atoms with E-state index >= 15 is 0 Å². The van der Waals surface area contributed by atoms with Crippen LogP contribution in [-0.4, -0.2) is 16.6 Å². The van der Waals surface area contributed by atoms with Crippen molar-refractivity contribution in [2.24, 2.45) is 0 Å². The number of aromatic nitrogens is 1. The summed E-state index contributed by atoms with van der Waals surface area (Å²) in [5, 5.41) is 6.89. The molecule has 9 heavy (non-hydrogen) atoms. The lowest BCUT2D eigenvalue weighted by atomic mass is 10.6. The number of carboxylic acid groups (broad SMARTS) is 1. The van der Waals surface area contributed by atoms with Crippen molar-refractivity contribution >= 4 is 6.47 Å². The Morgan fingerprint density at radius 1 is 1.44 bits per heavy atom.